The summed E-state index contributed by atoms with van der Waals surface area (Å²) < 4.78 is 16.1. The number of nitrogens with zero attached hydrogens (tertiary/aromatic N) is 1. The van der Waals surface area contributed by atoms with Gasteiger partial charge in [0.25, 0.3) is 0 Å². The molecule has 0 aliphatic heterocycles. The Kier molecular flexibility index (Phi) is 3.44. The van der Waals surface area contributed by atoms with Gasteiger partial charge in [-0.15, -0.1) is 0 Å². The largest absolute Gasteiger partial charge is 0.493 e. The minimum Gasteiger partial charge on any atom is -0.493 e. The van der Waals surface area contributed by atoms with Crippen molar-refractivity contribution in [2.45, 2.75) is 25.4 Å². The zero-order valence-corrected chi connectivity index (χ0v) is 11.8. The molecule has 0 amide bonds. The lowest BCUT2D eigenvalue weighted by Gasteiger charge is -2.27. The number of hydrogen-bond acceptors (Lipinski definition) is 5. The summed E-state index contributed by atoms with van der Waals surface area (Å²) in [5.41, 5.74) is 6.83. The number of rotatable bonds is 4. The van der Waals surface area contributed by atoms with Crippen LogP contribution in [0.4, 0.5) is 5.88 Å². The normalized spacial score (nSPS) is 14.9. The van der Waals surface area contributed by atoms with Crippen LogP contribution in [0.2, 0.25) is 5.02 Å². The maximum absolute atomic E-state index is 6.25. The van der Waals surface area contributed by atoms with E-state index in [0.717, 1.165) is 12.8 Å². The van der Waals surface area contributed by atoms with Crippen molar-refractivity contribution in [3.8, 4) is 22.8 Å². The summed E-state index contributed by atoms with van der Waals surface area (Å²) in [6.45, 7) is 0. The zero-order chi connectivity index (χ0) is 14.1. The van der Waals surface area contributed by atoms with Gasteiger partial charge >= 0.3 is 0 Å². The van der Waals surface area contributed by atoms with Gasteiger partial charge in [-0.25, -0.2) is 0 Å². The molecule has 6 heteroatoms. The standard InChI is InChI=1S/C14H15ClN2O3/c1-18-12-6-10(15)9(11-7-14(16)20-17-11)5-13(12)19-8-3-2-4-8/h5-8H,2-4,16H2,1H3. The molecule has 1 aliphatic carbocycles. The molecule has 1 heterocycles. The smallest absolute Gasteiger partial charge is 0.222 e. The van der Waals surface area contributed by atoms with Gasteiger partial charge in [-0.05, 0) is 25.3 Å². The van der Waals surface area contributed by atoms with Crippen LogP contribution in [0, 0.1) is 0 Å². The van der Waals surface area contributed by atoms with Gasteiger partial charge in [-0.3, -0.25) is 0 Å². The molecular weight excluding hydrogens is 280 g/mol. The van der Waals surface area contributed by atoms with Gasteiger partial charge in [0.15, 0.2) is 11.5 Å². The number of nitrogen functional groups attached to an aromatic ring is 1. The van der Waals surface area contributed by atoms with Crippen molar-refractivity contribution >= 4 is 17.5 Å². The molecule has 1 fully saturated rings. The highest BCUT2D eigenvalue weighted by atomic mass is 35.5. The Morgan fingerprint density at radius 2 is 2.10 bits per heavy atom. The maximum Gasteiger partial charge on any atom is 0.222 e. The third-order valence-corrected chi connectivity index (χ3v) is 3.72. The second-order valence-electron chi connectivity index (χ2n) is 4.77. The van der Waals surface area contributed by atoms with Crippen LogP contribution in [0.5, 0.6) is 11.5 Å². The number of hydrogen-bond donors (Lipinski definition) is 1. The Bertz CT molecular complexity index is 623. The third-order valence-electron chi connectivity index (χ3n) is 3.40. The average Bonchev–Trinajstić information content (AvgIpc) is 2.81. The SMILES string of the molecule is COc1cc(Cl)c(-c2cc(N)on2)cc1OC1CCC1. The summed E-state index contributed by atoms with van der Waals surface area (Å²) in [6.07, 6.45) is 3.59. The van der Waals surface area contributed by atoms with Crippen molar-refractivity contribution in [3.63, 3.8) is 0 Å². The minimum absolute atomic E-state index is 0.244. The summed E-state index contributed by atoms with van der Waals surface area (Å²) >= 11 is 6.25. The molecule has 1 aromatic heterocycles. The molecule has 0 radical (unpaired) electrons. The Hall–Kier alpha value is -1.88. The summed E-state index contributed by atoms with van der Waals surface area (Å²) in [4.78, 5) is 0. The van der Waals surface area contributed by atoms with E-state index in [1.807, 2.05) is 6.07 Å². The molecule has 2 N–H and O–H groups in total. The first-order chi connectivity index (χ1) is 9.67. The zero-order valence-electron chi connectivity index (χ0n) is 11.1. The van der Waals surface area contributed by atoms with Gasteiger partial charge in [-0.1, -0.05) is 16.8 Å². The number of nitrogens with two attached hydrogens (primary N) is 1. The lowest BCUT2D eigenvalue weighted by molar-refractivity contribution is 0.116. The highest BCUT2D eigenvalue weighted by molar-refractivity contribution is 6.33. The van der Waals surface area contributed by atoms with E-state index in [2.05, 4.69) is 5.16 Å². The van der Waals surface area contributed by atoms with Gasteiger partial charge in [0, 0.05) is 17.7 Å². The molecule has 5 nitrogen and oxygen atoms in total. The van der Waals surface area contributed by atoms with Crippen LogP contribution in [0.1, 0.15) is 19.3 Å². The average molecular weight is 295 g/mol. The van der Waals surface area contributed by atoms with E-state index in [4.69, 9.17) is 31.3 Å². The van der Waals surface area contributed by atoms with Crippen LogP contribution < -0.4 is 15.2 Å². The number of aromatic nitrogens is 1. The van der Waals surface area contributed by atoms with E-state index in [0.29, 0.717) is 27.8 Å². The van der Waals surface area contributed by atoms with Gasteiger partial charge < -0.3 is 19.7 Å². The van der Waals surface area contributed by atoms with E-state index in [-0.39, 0.29) is 12.0 Å². The van der Waals surface area contributed by atoms with Crippen molar-refractivity contribution < 1.29 is 14.0 Å². The topological polar surface area (TPSA) is 70.5 Å². The molecule has 1 saturated carbocycles. The fourth-order valence-corrected chi connectivity index (χ4v) is 2.32. The van der Waals surface area contributed by atoms with Crippen LogP contribution in [0.3, 0.4) is 0 Å². The molecule has 0 atom stereocenters. The van der Waals surface area contributed by atoms with Crippen molar-refractivity contribution in [1.82, 2.24) is 5.16 Å². The predicted octanol–water partition coefficient (Wildman–Crippen LogP) is 3.52. The lowest BCUT2D eigenvalue weighted by atomic mass is 9.96. The fraction of sp³-hybridized carbons (Fsp3) is 0.357. The predicted molar refractivity (Wildman–Crippen MR) is 76.2 cm³/mol. The van der Waals surface area contributed by atoms with E-state index >= 15 is 0 Å². The van der Waals surface area contributed by atoms with Crippen molar-refractivity contribution in [2.75, 3.05) is 12.8 Å². The van der Waals surface area contributed by atoms with Crippen LogP contribution in [-0.4, -0.2) is 18.4 Å². The highest BCUT2D eigenvalue weighted by Gasteiger charge is 2.22. The van der Waals surface area contributed by atoms with Gasteiger partial charge in [0.05, 0.1) is 18.2 Å². The van der Waals surface area contributed by atoms with Crippen LogP contribution >= 0.6 is 11.6 Å². The number of anilines is 1. The Labute approximate surface area is 121 Å². The van der Waals surface area contributed by atoms with Crippen LogP contribution in [0.25, 0.3) is 11.3 Å². The molecule has 20 heavy (non-hydrogen) atoms. The Morgan fingerprint density at radius 3 is 2.65 bits per heavy atom. The number of benzene rings is 1. The molecule has 3 rings (SSSR count). The second kappa shape index (κ2) is 5.25. The number of ether oxygens (including phenoxy) is 2. The highest BCUT2D eigenvalue weighted by Crippen LogP contribution is 2.40. The monoisotopic (exact) mass is 294 g/mol. The molecule has 2 aromatic rings. The van der Waals surface area contributed by atoms with E-state index < -0.39 is 0 Å². The summed E-state index contributed by atoms with van der Waals surface area (Å²) in [5.74, 6) is 1.52. The molecule has 0 saturated heterocycles. The van der Waals surface area contributed by atoms with Gasteiger partial charge in [0.1, 0.15) is 5.69 Å². The van der Waals surface area contributed by atoms with Gasteiger partial charge in [0.2, 0.25) is 5.88 Å². The van der Waals surface area contributed by atoms with Crippen LogP contribution in [0.15, 0.2) is 22.7 Å². The molecule has 0 unspecified atom stereocenters. The first-order valence-electron chi connectivity index (χ1n) is 6.44. The van der Waals surface area contributed by atoms with Crippen molar-refractivity contribution in [1.29, 1.82) is 0 Å². The molecule has 0 bridgehead atoms. The van der Waals surface area contributed by atoms with E-state index in [1.54, 1.807) is 19.2 Å². The quantitative estimate of drug-likeness (QED) is 0.934. The molecule has 1 aliphatic rings. The van der Waals surface area contributed by atoms with E-state index in [9.17, 15) is 0 Å². The molecular formula is C14H15ClN2O3. The van der Waals surface area contributed by atoms with E-state index in [1.165, 1.54) is 6.42 Å². The van der Waals surface area contributed by atoms with Crippen molar-refractivity contribution in [3.05, 3.63) is 23.2 Å². The Morgan fingerprint density at radius 1 is 1.30 bits per heavy atom. The fourth-order valence-electron chi connectivity index (χ4n) is 2.07. The third kappa shape index (κ3) is 2.41. The van der Waals surface area contributed by atoms with Crippen molar-refractivity contribution in [2.24, 2.45) is 0 Å². The number of halogens is 1. The van der Waals surface area contributed by atoms with Gasteiger partial charge in [-0.2, -0.15) is 0 Å². The first kappa shape index (κ1) is 13.1. The number of methoxy groups -OCH3 is 1. The summed E-state index contributed by atoms with van der Waals surface area (Å²) in [6, 6.07) is 5.16. The Balaban J connectivity index is 1.99. The summed E-state index contributed by atoms with van der Waals surface area (Å²) in [7, 11) is 1.59. The second-order valence-corrected chi connectivity index (χ2v) is 5.18. The molecule has 106 valence electrons. The minimum atomic E-state index is 0.244. The summed E-state index contributed by atoms with van der Waals surface area (Å²) in [5, 5.41) is 4.39. The maximum atomic E-state index is 6.25. The molecule has 1 aromatic carbocycles. The first-order valence-corrected chi connectivity index (χ1v) is 6.82. The molecule has 0 spiro atoms. The lowest BCUT2D eigenvalue weighted by Crippen LogP contribution is -2.24. The van der Waals surface area contributed by atoms with Crippen LogP contribution in [-0.2, 0) is 0 Å².